The van der Waals surface area contributed by atoms with E-state index in [9.17, 15) is 4.79 Å². The lowest BCUT2D eigenvalue weighted by molar-refractivity contribution is -0.124. The molecule has 0 aromatic carbocycles. The average Bonchev–Trinajstić information content (AvgIpc) is 2.27. The van der Waals surface area contributed by atoms with E-state index in [-0.39, 0.29) is 5.92 Å². The number of ketones is 1. The van der Waals surface area contributed by atoms with Gasteiger partial charge < -0.3 is 0 Å². The van der Waals surface area contributed by atoms with Crippen molar-refractivity contribution in [1.29, 1.82) is 0 Å². The van der Waals surface area contributed by atoms with Gasteiger partial charge in [0.05, 0.1) is 6.54 Å². The predicted molar refractivity (Wildman–Crippen MR) is 68.5 cm³/mol. The van der Waals surface area contributed by atoms with E-state index in [1.54, 1.807) is 0 Å². The number of carbonyl (C=O) groups is 1. The molecule has 0 N–H and O–H groups in total. The highest BCUT2D eigenvalue weighted by molar-refractivity contribution is 5.82. The predicted octanol–water partition coefficient (Wildman–Crippen LogP) is 3.11. The maximum absolute atomic E-state index is 11.9. The summed E-state index contributed by atoms with van der Waals surface area (Å²) in [5, 5.41) is 0. The summed E-state index contributed by atoms with van der Waals surface area (Å²) in [5.74, 6) is 1.46. The van der Waals surface area contributed by atoms with Crippen molar-refractivity contribution >= 4 is 5.78 Å². The summed E-state index contributed by atoms with van der Waals surface area (Å²) >= 11 is 0. The number of hydrogen-bond donors (Lipinski definition) is 0. The Morgan fingerprint density at radius 2 is 2.12 bits per heavy atom. The second-order valence-electron chi connectivity index (χ2n) is 5.62. The minimum Gasteiger partial charge on any atom is -0.298 e. The van der Waals surface area contributed by atoms with Gasteiger partial charge in [0.25, 0.3) is 0 Å². The Balaban J connectivity index is 2.39. The fraction of sp³-hybridized carbons (Fsp3) is 0.929. The SMILES string of the molecule is CCC(C)C(=O)CN(C)C1CCCC(C)C1. The van der Waals surface area contributed by atoms with Crippen LogP contribution in [-0.2, 0) is 4.79 Å². The van der Waals surface area contributed by atoms with Gasteiger partial charge in [0.1, 0.15) is 5.78 Å². The van der Waals surface area contributed by atoms with E-state index in [1.807, 2.05) is 6.92 Å². The number of nitrogens with zero attached hydrogens (tertiary/aromatic N) is 1. The van der Waals surface area contributed by atoms with Crippen LogP contribution in [0.5, 0.6) is 0 Å². The Morgan fingerprint density at radius 1 is 1.44 bits per heavy atom. The van der Waals surface area contributed by atoms with Gasteiger partial charge in [0.2, 0.25) is 0 Å². The summed E-state index contributed by atoms with van der Waals surface area (Å²) in [4.78, 5) is 14.1. The molecular weight excluding hydrogens is 198 g/mol. The van der Waals surface area contributed by atoms with Gasteiger partial charge in [-0.25, -0.2) is 0 Å². The van der Waals surface area contributed by atoms with E-state index in [1.165, 1.54) is 25.7 Å². The maximum Gasteiger partial charge on any atom is 0.149 e. The molecule has 1 aliphatic carbocycles. The third-order valence-electron chi connectivity index (χ3n) is 4.10. The zero-order chi connectivity index (χ0) is 12.1. The first-order chi connectivity index (χ1) is 7.54. The van der Waals surface area contributed by atoms with Gasteiger partial charge in [-0.1, -0.05) is 33.6 Å². The number of Topliss-reactive ketones (excluding diaryl/α,β-unsaturated/α-hetero) is 1. The first-order valence-electron chi connectivity index (χ1n) is 6.77. The first kappa shape index (κ1) is 13.7. The van der Waals surface area contributed by atoms with E-state index in [2.05, 4.69) is 25.8 Å². The van der Waals surface area contributed by atoms with E-state index < -0.39 is 0 Å². The van der Waals surface area contributed by atoms with E-state index in [4.69, 9.17) is 0 Å². The summed E-state index contributed by atoms with van der Waals surface area (Å²) in [5.41, 5.74) is 0. The number of hydrogen-bond acceptors (Lipinski definition) is 2. The van der Waals surface area contributed by atoms with Crippen molar-refractivity contribution < 1.29 is 4.79 Å². The molecule has 1 aliphatic rings. The van der Waals surface area contributed by atoms with Crippen LogP contribution < -0.4 is 0 Å². The lowest BCUT2D eigenvalue weighted by atomic mass is 9.86. The second kappa shape index (κ2) is 6.39. The molecule has 0 amide bonds. The van der Waals surface area contributed by atoms with Gasteiger partial charge in [-0.2, -0.15) is 0 Å². The highest BCUT2D eigenvalue weighted by Gasteiger charge is 2.24. The monoisotopic (exact) mass is 225 g/mol. The van der Waals surface area contributed by atoms with Crippen molar-refractivity contribution in [3.05, 3.63) is 0 Å². The van der Waals surface area contributed by atoms with Crippen LogP contribution in [0.1, 0.15) is 52.9 Å². The minimum absolute atomic E-state index is 0.225. The zero-order valence-electron chi connectivity index (χ0n) is 11.3. The quantitative estimate of drug-likeness (QED) is 0.716. The fourth-order valence-corrected chi connectivity index (χ4v) is 2.56. The summed E-state index contributed by atoms with van der Waals surface area (Å²) < 4.78 is 0. The normalized spacial score (nSPS) is 28.1. The third kappa shape index (κ3) is 3.89. The second-order valence-corrected chi connectivity index (χ2v) is 5.62. The van der Waals surface area contributed by atoms with Crippen molar-refractivity contribution in [3.8, 4) is 0 Å². The topological polar surface area (TPSA) is 20.3 Å². The molecule has 3 unspecified atom stereocenters. The molecule has 0 bridgehead atoms. The van der Waals surface area contributed by atoms with Crippen molar-refractivity contribution in [2.75, 3.05) is 13.6 Å². The van der Waals surface area contributed by atoms with Crippen molar-refractivity contribution in [3.63, 3.8) is 0 Å². The number of likely N-dealkylation sites (N-methyl/N-ethyl adjacent to an activating group) is 1. The van der Waals surface area contributed by atoms with Crippen LogP contribution in [0.4, 0.5) is 0 Å². The van der Waals surface area contributed by atoms with Crippen LogP contribution in [0.15, 0.2) is 0 Å². The maximum atomic E-state index is 11.9. The Morgan fingerprint density at radius 3 is 2.69 bits per heavy atom. The van der Waals surface area contributed by atoms with Gasteiger partial charge >= 0.3 is 0 Å². The van der Waals surface area contributed by atoms with Gasteiger partial charge in [-0.15, -0.1) is 0 Å². The molecule has 0 radical (unpaired) electrons. The average molecular weight is 225 g/mol. The molecule has 0 heterocycles. The Kier molecular flexibility index (Phi) is 5.47. The summed E-state index contributed by atoms with van der Waals surface area (Å²) in [6.45, 7) is 7.10. The van der Waals surface area contributed by atoms with Gasteiger partial charge in [0, 0.05) is 12.0 Å². The number of rotatable bonds is 5. The molecule has 3 atom stereocenters. The Labute approximate surface area is 100 Å². The zero-order valence-corrected chi connectivity index (χ0v) is 11.3. The molecular formula is C14H27NO. The van der Waals surface area contributed by atoms with Gasteiger partial charge in [-0.3, -0.25) is 9.69 Å². The Bertz CT molecular complexity index is 227. The summed E-state index contributed by atoms with van der Waals surface area (Å²) in [6.07, 6.45) is 6.20. The number of carbonyl (C=O) groups excluding carboxylic acids is 1. The molecule has 0 saturated heterocycles. The van der Waals surface area contributed by atoms with Crippen LogP contribution in [0, 0.1) is 11.8 Å². The third-order valence-corrected chi connectivity index (χ3v) is 4.10. The minimum atomic E-state index is 0.225. The molecule has 94 valence electrons. The molecule has 2 heteroatoms. The molecule has 0 aliphatic heterocycles. The molecule has 1 rings (SSSR count). The smallest absolute Gasteiger partial charge is 0.149 e. The van der Waals surface area contributed by atoms with Crippen molar-refractivity contribution in [2.45, 2.75) is 58.9 Å². The molecule has 2 nitrogen and oxygen atoms in total. The molecule has 0 spiro atoms. The van der Waals surface area contributed by atoms with E-state index in [0.717, 1.165) is 12.3 Å². The molecule has 0 aromatic heterocycles. The van der Waals surface area contributed by atoms with E-state index in [0.29, 0.717) is 18.4 Å². The molecule has 16 heavy (non-hydrogen) atoms. The largest absolute Gasteiger partial charge is 0.298 e. The van der Waals surface area contributed by atoms with Crippen LogP contribution in [0.3, 0.4) is 0 Å². The van der Waals surface area contributed by atoms with Crippen LogP contribution in [0.25, 0.3) is 0 Å². The van der Waals surface area contributed by atoms with Crippen molar-refractivity contribution in [2.24, 2.45) is 11.8 Å². The van der Waals surface area contributed by atoms with E-state index >= 15 is 0 Å². The standard InChI is InChI=1S/C14H27NO/c1-5-12(3)14(16)10-15(4)13-8-6-7-11(2)9-13/h11-13H,5-10H2,1-4H3. The fourth-order valence-electron chi connectivity index (χ4n) is 2.56. The molecule has 1 saturated carbocycles. The highest BCUT2D eigenvalue weighted by Crippen LogP contribution is 2.26. The summed E-state index contributed by atoms with van der Waals surface area (Å²) in [7, 11) is 2.11. The highest BCUT2D eigenvalue weighted by atomic mass is 16.1. The molecule has 0 aromatic rings. The van der Waals surface area contributed by atoms with Crippen LogP contribution in [0.2, 0.25) is 0 Å². The molecule has 1 fully saturated rings. The van der Waals surface area contributed by atoms with Crippen LogP contribution in [-0.4, -0.2) is 30.3 Å². The van der Waals surface area contributed by atoms with Gasteiger partial charge in [-0.05, 0) is 32.2 Å². The Hall–Kier alpha value is -0.370. The van der Waals surface area contributed by atoms with Gasteiger partial charge in [0.15, 0.2) is 0 Å². The first-order valence-corrected chi connectivity index (χ1v) is 6.77. The lowest BCUT2D eigenvalue weighted by Gasteiger charge is -2.34. The van der Waals surface area contributed by atoms with Crippen molar-refractivity contribution in [1.82, 2.24) is 4.90 Å². The van der Waals surface area contributed by atoms with Crippen LogP contribution >= 0.6 is 0 Å². The summed E-state index contributed by atoms with van der Waals surface area (Å²) in [6, 6.07) is 0.636. The lowest BCUT2D eigenvalue weighted by Crippen LogP contribution is -2.39.